The number of carbonyl (C=O) groups excluding carboxylic acids is 4. The van der Waals surface area contributed by atoms with Crippen LogP contribution in [-0.2, 0) is 24.0 Å². The lowest BCUT2D eigenvalue weighted by molar-refractivity contribution is -0.146. The normalized spacial score (nSPS) is 23.4. The second-order valence-electron chi connectivity index (χ2n) is 14.3. The summed E-state index contributed by atoms with van der Waals surface area (Å²) in [6.45, 7) is 5.10. The molecule has 0 spiro atoms. The molecular formula is C38H48N2O7. The molecule has 9 nitrogen and oxygen atoms in total. The maximum Gasteiger partial charge on any atom is 0.310 e. The van der Waals surface area contributed by atoms with E-state index in [0.717, 1.165) is 43.2 Å². The highest BCUT2D eigenvalue weighted by atomic mass is 16.5. The van der Waals surface area contributed by atoms with Crippen molar-refractivity contribution in [2.24, 2.45) is 29.1 Å². The van der Waals surface area contributed by atoms with Crippen molar-refractivity contribution in [2.75, 3.05) is 0 Å². The maximum absolute atomic E-state index is 14.4. The van der Waals surface area contributed by atoms with E-state index in [9.17, 15) is 29.1 Å². The van der Waals surface area contributed by atoms with Crippen molar-refractivity contribution < 1.29 is 33.8 Å². The third-order valence-corrected chi connectivity index (χ3v) is 10.4. The number of amides is 2. The summed E-state index contributed by atoms with van der Waals surface area (Å²) in [6, 6.07) is 16.0. The van der Waals surface area contributed by atoms with Crippen molar-refractivity contribution in [3.05, 3.63) is 54.6 Å². The largest absolute Gasteiger partial charge is 0.490 e. The van der Waals surface area contributed by atoms with Gasteiger partial charge >= 0.3 is 5.97 Å². The molecule has 3 saturated carbocycles. The van der Waals surface area contributed by atoms with E-state index in [-0.39, 0.29) is 54.5 Å². The Morgan fingerprint density at radius 3 is 2.15 bits per heavy atom. The fourth-order valence-electron chi connectivity index (χ4n) is 7.54. The highest BCUT2D eigenvalue weighted by Gasteiger charge is 2.54. The van der Waals surface area contributed by atoms with Crippen LogP contribution in [-0.4, -0.2) is 52.6 Å². The summed E-state index contributed by atoms with van der Waals surface area (Å²) in [5.41, 5.74) is 0.966. The summed E-state index contributed by atoms with van der Waals surface area (Å²) >= 11 is 0. The zero-order chi connectivity index (χ0) is 33.7. The Bertz CT molecular complexity index is 1460. The molecule has 0 heterocycles. The van der Waals surface area contributed by atoms with E-state index in [1.165, 1.54) is 6.92 Å². The molecule has 47 heavy (non-hydrogen) atoms. The van der Waals surface area contributed by atoms with Gasteiger partial charge in [-0.05, 0) is 73.6 Å². The van der Waals surface area contributed by atoms with Gasteiger partial charge in [0.2, 0.25) is 11.8 Å². The molecule has 1 unspecified atom stereocenters. The number of ether oxygens (including phenoxy) is 1. The fourth-order valence-corrected chi connectivity index (χ4v) is 7.54. The Morgan fingerprint density at radius 1 is 0.872 bits per heavy atom. The zero-order valence-corrected chi connectivity index (χ0v) is 27.7. The van der Waals surface area contributed by atoms with Crippen molar-refractivity contribution >= 4 is 29.4 Å². The monoisotopic (exact) mass is 644 g/mol. The van der Waals surface area contributed by atoms with Crippen LogP contribution >= 0.6 is 0 Å². The molecule has 0 aliphatic heterocycles. The van der Waals surface area contributed by atoms with Crippen LogP contribution in [0.15, 0.2) is 54.6 Å². The minimum atomic E-state index is -1.05. The van der Waals surface area contributed by atoms with E-state index >= 15 is 0 Å². The van der Waals surface area contributed by atoms with Crippen LogP contribution < -0.4 is 15.4 Å². The van der Waals surface area contributed by atoms with Gasteiger partial charge in [-0.25, -0.2) is 0 Å². The minimum Gasteiger partial charge on any atom is -0.490 e. The number of nitrogens with one attached hydrogen (secondary N) is 2. The molecule has 3 aliphatic carbocycles. The van der Waals surface area contributed by atoms with Crippen molar-refractivity contribution in [1.29, 1.82) is 0 Å². The van der Waals surface area contributed by atoms with Gasteiger partial charge in [0.1, 0.15) is 23.7 Å². The molecule has 2 amide bonds. The quantitative estimate of drug-likeness (QED) is 0.238. The first kappa shape index (κ1) is 34.3. The van der Waals surface area contributed by atoms with Crippen LogP contribution in [0, 0.1) is 29.1 Å². The molecule has 3 fully saturated rings. The topological polar surface area (TPSA) is 139 Å². The van der Waals surface area contributed by atoms with Crippen molar-refractivity contribution in [2.45, 2.75) is 103 Å². The van der Waals surface area contributed by atoms with Gasteiger partial charge in [-0.1, -0.05) is 75.6 Å². The highest BCUT2D eigenvalue weighted by molar-refractivity contribution is 5.98. The first-order chi connectivity index (χ1) is 22.5. The Kier molecular flexibility index (Phi) is 10.8. The number of Topliss-reactive ketones (excluding diaryl/α,β-unsaturated/α-hetero) is 2. The second kappa shape index (κ2) is 14.8. The van der Waals surface area contributed by atoms with Gasteiger partial charge in [0.15, 0.2) is 5.78 Å². The Labute approximate surface area is 277 Å². The van der Waals surface area contributed by atoms with Crippen molar-refractivity contribution in [3.63, 3.8) is 0 Å². The molecule has 9 heteroatoms. The molecule has 252 valence electrons. The highest BCUT2D eigenvalue weighted by Crippen LogP contribution is 2.51. The summed E-state index contributed by atoms with van der Waals surface area (Å²) in [5.74, 6) is -3.26. The number of ketones is 2. The number of carbonyl (C=O) groups is 5. The van der Waals surface area contributed by atoms with Crippen LogP contribution in [0.25, 0.3) is 11.1 Å². The number of rotatable bonds is 14. The SMILES string of the molecule is CC(=O)N[C@H](C(=O)N[C@H](C(=O)C1C[C@H](Oc2cccc(-c3ccccc3)c2)C[C@H]1C(=O)CC1(C(=O)O)CC1)C(C)C)C1CCCCC1. The number of benzene rings is 2. The van der Waals surface area contributed by atoms with E-state index in [0.29, 0.717) is 18.6 Å². The average Bonchev–Trinajstić information content (AvgIpc) is 3.73. The maximum atomic E-state index is 14.4. The van der Waals surface area contributed by atoms with Gasteiger partial charge in [-0.2, -0.15) is 0 Å². The molecule has 0 radical (unpaired) electrons. The van der Waals surface area contributed by atoms with E-state index < -0.39 is 41.4 Å². The van der Waals surface area contributed by atoms with Crippen LogP contribution in [0.5, 0.6) is 5.75 Å². The third kappa shape index (κ3) is 8.29. The Morgan fingerprint density at radius 2 is 1.53 bits per heavy atom. The van der Waals surface area contributed by atoms with Gasteiger partial charge in [0, 0.05) is 25.2 Å². The average molecular weight is 645 g/mol. The van der Waals surface area contributed by atoms with Gasteiger partial charge in [0.25, 0.3) is 0 Å². The summed E-state index contributed by atoms with van der Waals surface area (Å²) in [5, 5.41) is 15.6. The molecule has 2 aromatic rings. The molecular weight excluding hydrogens is 596 g/mol. The molecule has 0 saturated heterocycles. The van der Waals surface area contributed by atoms with Gasteiger partial charge in [-0.15, -0.1) is 0 Å². The number of hydrogen-bond donors (Lipinski definition) is 3. The lowest BCUT2D eigenvalue weighted by atomic mass is 9.79. The lowest BCUT2D eigenvalue weighted by Gasteiger charge is -2.32. The second-order valence-corrected chi connectivity index (χ2v) is 14.3. The van der Waals surface area contributed by atoms with Gasteiger partial charge in [0.05, 0.1) is 11.5 Å². The van der Waals surface area contributed by atoms with Crippen LogP contribution in [0.1, 0.15) is 85.0 Å². The molecule has 0 bridgehead atoms. The Hall–Kier alpha value is -4.01. The van der Waals surface area contributed by atoms with Crippen LogP contribution in [0.2, 0.25) is 0 Å². The smallest absolute Gasteiger partial charge is 0.310 e. The zero-order valence-electron chi connectivity index (χ0n) is 27.7. The minimum absolute atomic E-state index is 0.00782. The summed E-state index contributed by atoms with van der Waals surface area (Å²) < 4.78 is 6.42. The third-order valence-electron chi connectivity index (χ3n) is 10.4. The van der Waals surface area contributed by atoms with Crippen molar-refractivity contribution in [1.82, 2.24) is 10.6 Å². The van der Waals surface area contributed by atoms with Gasteiger partial charge in [-0.3, -0.25) is 24.0 Å². The molecule has 0 aromatic heterocycles. The number of carboxylic acid groups (broad SMARTS) is 1. The number of aliphatic carboxylic acids is 1. The molecule has 5 rings (SSSR count). The molecule has 5 atom stereocenters. The van der Waals surface area contributed by atoms with E-state index in [4.69, 9.17) is 4.74 Å². The van der Waals surface area contributed by atoms with E-state index in [1.807, 2.05) is 68.4 Å². The van der Waals surface area contributed by atoms with E-state index in [2.05, 4.69) is 10.6 Å². The fraction of sp³-hybridized carbons (Fsp3) is 0.553. The molecule has 3 aliphatic rings. The standard InChI is InChI=1S/C38H48N2O7/c1-23(2)33(40-36(44)34(39-24(3)41)26-13-8-5-9-14-26)35(43)31-21-29(20-30(31)32(42)22-38(17-18-38)37(45)46)47-28-16-10-15-27(19-28)25-11-6-4-7-12-25/h4,6-7,10-12,15-16,19,23,26,29-31,33-34H,5,8-9,13-14,17-18,20-22H2,1-3H3,(H,39,41)(H,40,44)(H,45,46)/t29-,30-,31?,33+,34+/m1/s1. The lowest BCUT2D eigenvalue weighted by Crippen LogP contribution is -2.56. The van der Waals surface area contributed by atoms with E-state index in [1.54, 1.807) is 0 Å². The predicted molar refractivity (Wildman–Crippen MR) is 177 cm³/mol. The van der Waals surface area contributed by atoms with Gasteiger partial charge < -0.3 is 20.5 Å². The van der Waals surface area contributed by atoms with Crippen LogP contribution in [0.4, 0.5) is 0 Å². The first-order valence-electron chi connectivity index (χ1n) is 17.2. The van der Waals surface area contributed by atoms with Crippen LogP contribution in [0.3, 0.4) is 0 Å². The summed E-state index contributed by atoms with van der Waals surface area (Å²) in [6.07, 6.45) is 5.63. The molecule has 3 N–H and O–H groups in total. The van der Waals surface area contributed by atoms with Crippen molar-refractivity contribution in [3.8, 4) is 16.9 Å². The number of hydrogen-bond acceptors (Lipinski definition) is 6. The summed E-state index contributed by atoms with van der Waals surface area (Å²) in [7, 11) is 0. The summed E-state index contributed by atoms with van der Waals surface area (Å²) in [4.78, 5) is 66.0. The predicted octanol–water partition coefficient (Wildman–Crippen LogP) is 5.75. The number of carboxylic acids is 1. The first-order valence-corrected chi connectivity index (χ1v) is 17.2. The molecule has 2 aromatic carbocycles. The Balaban J connectivity index is 1.36.